The largest absolute Gasteiger partial charge is 0.368 e. The van der Waals surface area contributed by atoms with Gasteiger partial charge in [-0.25, -0.2) is 4.98 Å². The third kappa shape index (κ3) is 7.91. The van der Waals surface area contributed by atoms with Crippen LogP contribution in [-0.2, 0) is 22.5 Å². The summed E-state index contributed by atoms with van der Waals surface area (Å²) in [5, 5.41) is 3.03. The number of aryl methyl sites for hydroxylation is 2. The van der Waals surface area contributed by atoms with Crippen LogP contribution in [0.4, 0.5) is 0 Å². The van der Waals surface area contributed by atoms with E-state index in [1.165, 1.54) is 62.7 Å². The first-order valence-corrected chi connectivity index (χ1v) is 13.1. The number of nitrogens with zero attached hydrogens (tertiary/aromatic N) is 2. The van der Waals surface area contributed by atoms with E-state index in [2.05, 4.69) is 41.1 Å². The Kier molecular flexibility index (Phi) is 11.1. The number of carbonyl (C=O) groups is 1. The second-order valence-corrected chi connectivity index (χ2v) is 9.25. The van der Waals surface area contributed by atoms with Crippen molar-refractivity contribution < 1.29 is 9.53 Å². The lowest BCUT2D eigenvalue weighted by Crippen LogP contribution is -2.34. The van der Waals surface area contributed by atoms with E-state index in [9.17, 15) is 4.79 Å². The van der Waals surface area contributed by atoms with Crippen LogP contribution in [0.2, 0.25) is 0 Å². The highest BCUT2D eigenvalue weighted by Gasteiger charge is 2.22. The molecule has 0 radical (unpaired) electrons. The average Bonchev–Trinajstić information content (AvgIpc) is 3.46. The molecule has 2 aromatic rings. The lowest BCUT2D eigenvalue weighted by molar-refractivity contribution is -0.130. The maximum atomic E-state index is 12.0. The topological polar surface area (TPSA) is 56.2 Å². The molecule has 0 bridgehead atoms. The highest BCUT2D eigenvalue weighted by atomic mass is 16.5. The van der Waals surface area contributed by atoms with Crippen LogP contribution in [0.1, 0.15) is 96.2 Å². The predicted octanol–water partition coefficient (Wildman–Crippen LogP) is 6.19. The summed E-state index contributed by atoms with van der Waals surface area (Å²) in [6.45, 7) is 4.81. The number of carbonyl (C=O) groups excluding carboxylic acids is 1. The molecule has 1 aromatic carbocycles. The Labute approximate surface area is 194 Å². The molecule has 32 heavy (non-hydrogen) atoms. The van der Waals surface area contributed by atoms with Crippen LogP contribution in [0.25, 0.3) is 11.0 Å². The normalized spacial score (nSPS) is 16.1. The van der Waals surface area contributed by atoms with Gasteiger partial charge in [0, 0.05) is 26.1 Å². The van der Waals surface area contributed by atoms with Gasteiger partial charge in [0.25, 0.3) is 0 Å². The molecule has 3 rings (SSSR count). The van der Waals surface area contributed by atoms with Crippen LogP contribution >= 0.6 is 0 Å². The highest BCUT2D eigenvalue weighted by molar-refractivity contribution is 5.80. The zero-order chi connectivity index (χ0) is 22.4. The molecule has 1 atom stereocenters. The molecule has 1 aliphatic heterocycles. The molecular formula is C27H43N3O2. The van der Waals surface area contributed by atoms with Crippen LogP contribution in [-0.4, -0.2) is 34.7 Å². The molecule has 2 heterocycles. The van der Waals surface area contributed by atoms with Gasteiger partial charge in [-0.05, 0) is 44.2 Å². The summed E-state index contributed by atoms with van der Waals surface area (Å²) >= 11 is 0. The number of hydrogen-bond donors (Lipinski definition) is 1. The number of fused-ring (bicyclic) bond motifs is 1. The quantitative estimate of drug-likeness (QED) is 0.316. The molecule has 5 heteroatoms. The van der Waals surface area contributed by atoms with E-state index in [1.807, 2.05) is 0 Å². The maximum absolute atomic E-state index is 12.0. The van der Waals surface area contributed by atoms with E-state index in [0.29, 0.717) is 0 Å². The molecule has 1 aliphatic rings. The summed E-state index contributed by atoms with van der Waals surface area (Å²) in [5.41, 5.74) is 2.39. The Hall–Kier alpha value is -1.88. The number of nitrogens with one attached hydrogen (secondary N) is 1. The third-order valence-corrected chi connectivity index (χ3v) is 6.57. The molecule has 1 N–H and O–H groups in total. The maximum Gasteiger partial charge on any atom is 0.249 e. The number of aromatic nitrogens is 2. The summed E-state index contributed by atoms with van der Waals surface area (Å²) in [6.07, 6.45) is 16.6. The van der Waals surface area contributed by atoms with Gasteiger partial charge < -0.3 is 14.6 Å². The number of unbranched alkanes of at least 4 members (excludes halogenated alkanes) is 9. The fourth-order valence-electron chi connectivity index (χ4n) is 4.66. The number of para-hydroxylation sites is 2. The third-order valence-electron chi connectivity index (χ3n) is 6.57. The van der Waals surface area contributed by atoms with E-state index in [-0.39, 0.29) is 12.0 Å². The van der Waals surface area contributed by atoms with E-state index >= 15 is 0 Å². The first kappa shape index (κ1) is 24.8. The van der Waals surface area contributed by atoms with Crippen molar-refractivity contribution in [3.05, 3.63) is 30.1 Å². The van der Waals surface area contributed by atoms with Gasteiger partial charge in [-0.2, -0.15) is 0 Å². The Morgan fingerprint density at radius 3 is 2.56 bits per heavy atom. The molecule has 1 fully saturated rings. The minimum Gasteiger partial charge on any atom is -0.368 e. The number of ether oxygens (including phenoxy) is 1. The average molecular weight is 442 g/mol. The molecular weight excluding hydrogens is 398 g/mol. The zero-order valence-corrected chi connectivity index (χ0v) is 20.1. The van der Waals surface area contributed by atoms with E-state index in [4.69, 9.17) is 9.72 Å². The fourth-order valence-corrected chi connectivity index (χ4v) is 4.66. The number of hydrogen-bond acceptors (Lipinski definition) is 3. The van der Waals surface area contributed by atoms with Gasteiger partial charge in [0.15, 0.2) is 0 Å². The molecule has 1 aromatic heterocycles. The zero-order valence-electron chi connectivity index (χ0n) is 20.1. The fraction of sp³-hybridized carbons (Fsp3) is 0.704. The van der Waals surface area contributed by atoms with Crippen LogP contribution < -0.4 is 5.32 Å². The van der Waals surface area contributed by atoms with Gasteiger partial charge >= 0.3 is 0 Å². The highest BCUT2D eigenvalue weighted by Crippen LogP contribution is 2.19. The summed E-state index contributed by atoms with van der Waals surface area (Å²) in [6, 6.07) is 8.53. The molecule has 178 valence electrons. The number of benzene rings is 1. The van der Waals surface area contributed by atoms with Crippen molar-refractivity contribution in [2.24, 2.45) is 0 Å². The summed E-state index contributed by atoms with van der Waals surface area (Å²) in [7, 11) is 0. The smallest absolute Gasteiger partial charge is 0.249 e. The van der Waals surface area contributed by atoms with Crippen molar-refractivity contribution in [1.82, 2.24) is 14.9 Å². The molecule has 5 nitrogen and oxygen atoms in total. The van der Waals surface area contributed by atoms with Crippen LogP contribution in [0.3, 0.4) is 0 Å². The first-order valence-electron chi connectivity index (χ1n) is 13.1. The van der Waals surface area contributed by atoms with Gasteiger partial charge in [-0.15, -0.1) is 0 Å². The van der Waals surface area contributed by atoms with E-state index in [1.54, 1.807) is 0 Å². The minimum absolute atomic E-state index is 0.0645. The molecule has 1 amide bonds. The Morgan fingerprint density at radius 2 is 1.78 bits per heavy atom. The van der Waals surface area contributed by atoms with Gasteiger partial charge in [0.1, 0.15) is 11.9 Å². The van der Waals surface area contributed by atoms with Gasteiger partial charge in [-0.1, -0.05) is 70.4 Å². The van der Waals surface area contributed by atoms with E-state index in [0.717, 1.165) is 63.7 Å². The molecule has 0 spiro atoms. The summed E-state index contributed by atoms with van der Waals surface area (Å²) in [4.78, 5) is 16.9. The van der Waals surface area contributed by atoms with Gasteiger partial charge in [0.2, 0.25) is 5.91 Å². The van der Waals surface area contributed by atoms with Crippen molar-refractivity contribution in [1.29, 1.82) is 0 Å². The molecule has 0 saturated carbocycles. The molecule has 1 unspecified atom stereocenters. The van der Waals surface area contributed by atoms with Crippen molar-refractivity contribution in [2.75, 3.05) is 13.2 Å². The van der Waals surface area contributed by atoms with Crippen molar-refractivity contribution in [2.45, 2.75) is 109 Å². The summed E-state index contributed by atoms with van der Waals surface area (Å²) < 4.78 is 7.89. The van der Waals surface area contributed by atoms with Crippen LogP contribution in [0, 0.1) is 0 Å². The van der Waals surface area contributed by atoms with Gasteiger partial charge in [0.05, 0.1) is 11.0 Å². The SMILES string of the molecule is CCCCCCCCCCn1c(CCCCCNC(=O)C2CCCO2)nc2ccccc21. The first-order chi connectivity index (χ1) is 15.8. The standard InChI is InChI=1S/C27H43N3O2/c1-2-3-4-5-6-7-8-14-21-30-24-17-12-11-16-23(24)29-26(30)19-10-9-13-20-28-27(31)25-18-15-22-32-25/h11-12,16-17,25H,2-10,13-15,18-22H2,1H3,(H,28,31). The lowest BCUT2D eigenvalue weighted by Gasteiger charge is -2.11. The van der Waals surface area contributed by atoms with Crippen LogP contribution in [0.15, 0.2) is 24.3 Å². The number of imidazole rings is 1. The second kappa shape index (κ2) is 14.3. The predicted molar refractivity (Wildman–Crippen MR) is 132 cm³/mol. The van der Waals surface area contributed by atoms with Crippen molar-refractivity contribution in [3.63, 3.8) is 0 Å². The van der Waals surface area contributed by atoms with E-state index < -0.39 is 0 Å². The Balaban J connectivity index is 1.37. The lowest BCUT2D eigenvalue weighted by atomic mass is 10.1. The summed E-state index contributed by atoms with van der Waals surface area (Å²) in [5.74, 6) is 1.28. The Morgan fingerprint density at radius 1 is 1.03 bits per heavy atom. The number of rotatable bonds is 16. The van der Waals surface area contributed by atoms with Crippen molar-refractivity contribution in [3.8, 4) is 0 Å². The second-order valence-electron chi connectivity index (χ2n) is 9.25. The monoisotopic (exact) mass is 441 g/mol. The van der Waals surface area contributed by atoms with Crippen molar-refractivity contribution >= 4 is 16.9 Å². The number of amides is 1. The van der Waals surface area contributed by atoms with Gasteiger partial charge in [-0.3, -0.25) is 4.79 Å². The molecule has 0 aliphatic carbocycles. The molecule has 1 saturated heterocycles. The minimum atomic E-state index is -0.216. The van der Waals surface area contributed by atoms with Crippen LogP contribution in [0.5, 0.6) is 0 Å². The Bertz CT molecular complexity index is 795.